The van der Waals surface area contributed by atoms with E-state index in [2.05, 4.69) is 15.8 Å². The number of ether oxygens (including phenoxy) is 1. The highest BCUT2D eigenvalue weighted by Gasteiger charge is 2.12. The van der Waals surface area contributed by atoms with E-state index in [1.54, 1.807) is 12.3 Å². The fourth-order valence-corrected chi connectivity index (χ4v) is 3.27. The summed E-state index contributed by atoms with van der Waals surface area (Å²) >= 11 is 0. The average molecular weight is 385 g/mol. The summed E-state index contributed by atoms with van der Waals surface area (Å²) < 4.78 is 5.18. The van der Waals surface area contributed by atoms with Crippen molar-refractivity contribution >= 4 is 33.5 Å². The number of carbonyl (C=O) groups excluding carboxylic acids is 2. The maximum absolute atomic E-state index is 12.4. The zero-order valence-electron chi connectivity index (χ0n) is 15.6. The smallest absolute Gasteiger partial charge is 0.426 e. The van der Waals surface area contributed by atoms with Crippen molar-refractivity contribution in [3.05, 3.63) is 90.3 Å². The third kappa shape index (κ3) is 4.16. The number of pyridine rings is 1. The van der Waals surface area contributed by atoms with Crippen LogP contribution >= 0.6 is 0 Å². The van der Waals surface area contributed by atoms with Crippen LogP contribution in [-0.4, -0.2) is 23.6 Å². The minimum atomic E-state index is -0.723. The van der Waals surface area contributed by atoms with Gasteiger partial charge in [0.1, 0.15) is 5.69 Å². The van der Waals surface area contributed by atoms with Crippen molar-refractivity contribution in [2.75, 3.05) is 6.61 Å². The summed E-state index contributed by atoms with van der Waals surface area (Å²) in [5.74, 6) is -0.507. The summed E-state index contributed by atoms with van der Waals surface area (Å²) in [6, 6.07) is 23.3. The van der Waals surface area contributed by atoms with Gasteiger partial charge in [-0.25, -0.2) is 10.2 Å². The van der Waals surface area contributed by atoms with Gasteiger partial charge in [0, 0.05) is 18.0 Å². The van der Waals surface area contributed by atoms with E-state index >= 15 is 0 Å². The summed E-state index contributed by atoms with van der Waals surface area (Å²) in [7, 11) is 0. The number of hydrazine groups is 1. The number of aromatic nitrogens is 1. The first-order valence-corrected chi connectivity index (χ1v) is 9.26. The molecule has 0 aliphatic rings. The van der Waals surface area contributed by atoms with Crippen molar-refractivity contribution in [1.82, 2.24) is 15.8 Å². The molecule has 4 rings (SSSR count). The molecule has 1 heterocycles. The van der Waals surface area contributed by atoms with E-state index in [4.69, 9.17) is 4.74 Å². The monoisotopic (exact) mass is 385 g/mol. The predicted octanol–water partition coefficient (Wildman–Crippen LogP) is 4.00. The molecule has 0 spiro atoms. The minimum absolute atomic E-state index is 0.197. The van der Waals surface area contributed by atoms with Gasteiger partial charge in [-0.15, -0.1) is 0 Å². The molecule has 0 bridgehead atoms. The molecule has 1 aromatic heterocycles. The molecule has 2 amide bonds. The lowest BCUT2D eigenvalue weighted by molar-refractivity contribution is 0.0907. The number of nitrogens with one attached hydrogen (secondary N) is 2. The van der Waals surface area contributed by atoms with Crippen LogP contribution in [0.3, 0.4) is 0 Å². The lowest BCUT2D eigenvalue weighted by Crippen LogP contribution is -2.42. The Morgan fingerprint density at radius 1 is 0.793 bits per heavy atom. The van der Waals surface area contributed by atoms with E-state index in [1.165, 1.54) is 0 Å². The largest absolute Gasteiger partial charge is 0.448 e. The molecule has 6 heteroatoms. The van der Waals surface area contributed by atoms with Crippen LogP contribution in [0.25, 0.3) is 21.5 Å². The van der Waals surface area contributed by atoms with E-state index < -0.39 is 12.0 Å². The molecule has 0 fully saturated rings. The minimum Gasteiger partial charge on any atom is -0.448 e. The Hall–Kier alpha value is -3.93. The van der Waals surface area contributed by atoms with Crippen LogP contribution in [-0.2, 0) is 11.2 Å². The van der Waals surface area contributed by atoms with E-state index in [1.807, 2.05) is 66.7 Å². The molecule has 3 aromatic carbocycles. The molecule has 29 heavy (non-hydrogen) atoms. The van der Waals surface area contributed by atoms with Crippen molar-refractivity contribution in [1.29, 1.82) is 0 Å². The van der Waals surface area contributed by atoms with Crippen LogP contribution < -0.4 is 10.9 Å². The second-order valence-electron chi connectivity index (χ2n) is 6.48. The number of carbonyl (C=O) groups is 2. The van der Waals surface area contributed by atoms with Crippen LogP contribution in [0.1, 0.15) is 16.1 Å². The van der Waals surface area contributed by atoms with E-state index in [0.717, 1.165) is 21.7 Å². The number of hydrogen-bond acceptors (Lipinski definition) is 4. The summed E-state index contributed by atoms with van der Waals surface area (Å²) in [6.07, 6.45) is 1.41. The van der Waals surface area contributed by atoms with Gasteiger partial charge in [0.05, 0.1) is 6.61 Å². The number of hydrogen-bond donors (Lipinski definition) is 2. The maximum Gasteiger partial charge on any atom is 0.426 e. The molecule has 4 aromatic rings. The molecule has 0 unspecified atom stereocenters. The second-order valence-corrected chi connectivity index (χ2v) is 6.48. The molecular weight excluding hydrogens is 366 g/mol. The molecule has 0 saturated carbocycles. The molecule has 0 atom stereocenters. The lowest BCUT2D eigenvalue weighted by atomic mass is 10.0. The van der Waals surface area contributed by atoms with Crippen LogP contribution in [0.15, 0.2) is 79.0 Å². The Morgan fingerprint density at radius 3 is 2.31 bits per heavy atom. The molecule has 144 valence electrons. The summed E-state index contributed by atoms with van der Waals surface area (Å²) in [5, 5.41) is 3.88. The Kier molecular flexibility index (Phi) is 5.33. The van der Waals surface area contributed by atoms with Gasteiger partial charge in [-0.2, -0.15) is 0 Å². The molecular formula is C23H19N3O3. The summed E-state index contributed by atoms with van der Waals surface area (Å²) in [5.41, 5.74) is 5.94. The molecule has 0 radical (unpaired) electrons. The van der Waals surface area contributed by atoms with E-state index in [9.17, 15) is 9.59 Å². The lowest BCUT2D eigenvalue weighted by Gasteiger charge is -2.10. The number of rotatable bonds is 4. The number of amides is 2. The molecule has 2 N–H and O–H groups in total. The third-order valence-electron chi connectivity index (χ3n) is 4.65. The number of nitrogens with zero attached hydrogens (tertiary/aromatic N) is 1. The van der Waals surface area contributed by atoms with Crippen molar-refractivity contribution < 1.29 is 14.3 Å². The van der Waals surface area contributed by atoms with Gasteiger partial charge in [-0.3, -0.25) is 15.2 Å². The standard InChI is InChI=1S/C23H19N3O3/c27-22(21-20-11-4-2-7-17(20)12-14-24-21)25-26-23(28)29-15-13-18-9-5-8-16-6-1-3-10-19(16)18/h1-12,14H,13,15H2,(H,25,27)(H,26,28). The van der Waals surface area contributed by atoms with Crippen LogP contribution in [0.4, 0.5) is 4.79 Å². The van der Waals surface area contributed by atoms with E-state index in [-0.39, 0.29) is 12.3 Å². The Balaban J connectivity index is 1.31. The first-order valence-electron chi connectivity index (χ1n) is 9.26. The SMILES string of the molecule is O=C(NNC(=O)c1nccc2ccccc12)OCCc1cccc2ccccc12. The van der Waals surface area contributed by atoms with Crippen molar-refractivity contribution in [3.8, 4) is 0 Å². The van der Waals surface area contributed by atoms with Crippen LogP contribution in [0.5, 0.6) is 0 Å². The zero-order valence-corrected chi connectivity index (χ0v) is 15.6. The van der Waals surface area contributed by atoms with Crippen LogP contribution in [0.2, 0.25) is 0 Å². The second kappa shape index (κ2) is 8.39. The van der Waals surface area contributed by atoms with Gasteiger partial charge in [0.25, 0.3) is 5.91 Å². The van der Waals surface area contributed by atoms with Gasteiger partial charge in [0.15, 0.2) is 0 Å². The number of fused-ring (bicyclic) bond motifs is 2. The quantitative estimate of drug-likeness (QED) is 0.520. The highest BCUT2D eigenvalue weighted by Crippen LogP contribution is 2.19. The molecule has 0 saturated heterocycles. The van der Waals surface area contributed by atoms with Gasteiger partial charge in [0.2, 0.25) is 0 Å². The predicted molar refractivity (Wildman–Crippen MR) is 111 cm³/mol. The first-order chi connectivity index (χ1) is 14.2. The fraction of sp³-hybridized carbons (Fsp3) is 0.0870. The van der Waals surface area contributed by atoms with Gasteiger partial charge < -0.3 is 4.74 Å². The zero-order chi connectivity index (χ0) is 20.1. The number of benzene rings is 3. The van der Waals surface area contributed by atoms with Crippen molar-refractivity contribution in [3.63, 3.8) is 0 Å². The van der Waals surface area contributed by atoms with Crippen LogP contribution in [0, 0.1) is 0 Å². The average Bonchev–Trinajstić information content (AvgIpc) is 2.77. The molecule has 0 aliphatic carbocycles. The highest BCUT2D eigenvalue weighted by molar-refractivity contribution is 6.05. The normalized spacial score (nSPS) is 10.6. The Bertz CT molecular complexity index is 1180. The Labute approximate surface area is 167 Å². The molecule has 6 nitrogen and oxygen atoms in total. The fourth-order valence-electron chi connectivity index (χ4n) is 3.27. The first kappa shape index (κ1) is 18.4. The topological polar surface area (TPSA) is 80.3 Å². The van der Waals surface area contributed by atoms with Gasteiger partial charge in [-0.05, 0) is 27.8 Å². The van der Waals surface area contributed by atoms with Gasteiger partial charge in [-0.1, -0.05) is 66.7 Å². The third-order valence-corrected chi connectivity index (χ3v) is 4.65. The van der Waals surface area contributed by atoms with Gasteiger partial charge >= 0.3 is 6.09 Å². The van der Waals surface area contributed by atoms with E-state index in [0.29, 0.717) is 11.8 Å². The maximum atomic E-state index is 12.4. The summed E-state index contributed by atoms with van der Waals surface area (Å²) in [6.45, 7) is 0.197. The van der Waals surface area contributed by atoms with Crippen molar-refractivity contribution in [2.24, 2.45) is 0 Å². The molecule has 0 aliphatic heterocycles. The van der Waals surface area contributed by atoms with Crippen molar-refractivity contribution in [2.45, 2.75) is 6.42 Å². The highest BCUT2D eigenvalue weighted by atomic mass is 16.6. The Morgan fingerprint density at radius 2 is 1.48 bits per heavy atom. The summed E-state index contributed by atoms with van der Waals surface area (Å²) in [4.78, 5) is 28.4.